The van der Waals surface area contributed by atoms with Crippen molar-refractivity contribution in [2.24, 2.45) is 23.5 Å². The van der Waals surface area contributed by atoms with Crippen LogP contribution in [-0.2, 0) is 0 Å². The summed E-state index contributed by atoms with van der Waals surface area (Å²) < 4.78 is 0. The van der Waals surface area contributed by atoms with E-state index in [4.69, 9.17) is 5.73 Å². The Labute approximate surface area is 113 Å². The lowest BCUT2D eigenvalue weighted by atomic mass is 9.78. The molecule has 1 heterocycles. The van der Waals surface area contributed by atoms with E-state index in [9.17, 15) is 0 Å². The number of nitrogens with zero attached hydrogens (tertiary/aromatic N) is 1. The Bertz CT molecular complexity index is 243. The van der Waals surface area contributed by atoms with Gasteiger partial charge in [-0.1, -0.05) is 27.2 Å². The number of hydrogen-bond acceptors (Lipinski definition) is 2. The molecule has 2 unspecified atom stereocenters. The van der Waals surface area contributed by atoms with Crippen molar-refractivity contribution >= 4 is 0 Å². The molecular weight excluding hydrogens is 220 g/mol. The van der Waals surface area contributed by atoms with Gasteiger partial charge in [-0.3, -0.25) is 4.90 Å². The van der Waals surface area contributed by atoms with E-state index in [1.165, 1.54) is 51.6 Å². The Hall–Kier alpha value is -0.0800. The van der Waals surface area contributed by atoms with Gasteiger partial charge in [0.15, 0.2) is 0 Å². The van der Waals surface area contributed by atoms with Crippen LogP contribution in [0.4, 0.5) is 0 Å². The standard InChI is InChI=1S/C16H32N2/c1-4-13-11-18(10-9-16(13)17)15-7-5-14(6-8-15)12(2)3/h12-16H,4-11,17H2,1-3H3. The lowest BCUT2D eigenvalue weighted by Gasteiger charge is -2.44. The van der Waals surface area contributed by atoms with Gasteiger partial charge in [-0.2, -0.15) is 0 Å². The van der Waals surface area contributed by atoms with Gasteiger partial charge in [-0.25, -0.2) is 0 Å². The molecule has 2 nitrogen and oxygen atoms in total. The monoisotopic (exact) mass is 252 g/mol. The van der Waals surface area contributed by atoms with Gasteiger partial charge < -0.3 is 5.73 Å². The molecule has 1 aliphatic carbocycles. The minimum Gasteiger partial charge on any atom is -0.327 e. The Kier molecular flexibility index (Phi) is 5.08. The van der Waals surface area contributed by atoms with Crippen LogP contribution in [0, 0.1) is 17.8 Å². The summed E-state index contributed by atoms with van der Waals surface area (Å²) in [6, 6.07) is 1.32. The summed E-state index contributed by atoms with van der Waals surface area (Å²) in [5, 5.41) is 0. The second-order valence-corrected chi connectivity index (χ2v) is 6.93. The van der Waals surface area contributed by atoms with Gasteiger partial charge in [0.2, 0.25) is 0 Å². The first-order valence-electron chi connectivity index (χ1n) is 8.11. The second kappa shape index (κ2) is 6.38. The van der Waals surface area contributed by atoms with Crippen LogP contribution in [0.3, 0.4) is 0 Å². The van der Waals surface area contributed by atoms with Gasteiger partial charge >= 0.3 is 0 Å². The van der Waals surface area contributed by atoms with Crippen LogP contribution in [-0.4, -0.2) is 30.1 Å². The van der Waals surface area contributed by atoms with Crippen molar-refractivity contribution in [2.45, 2.75) is 71.4 Å². The summed E-state index contributed by atoms with van der Waals surface area (Å²) in [7, 11) is 0. The van der Waals surface area contributed by atoms with Crippen LogP contribution < -0.4 is 5.73 Å². The minimum absolute atomic E-state index is 0.457. The topological polar surface area (TPSA) is 29.3 Å². The third kappa shape index (κ3) is 3.27. The van der Waals surface area contributed by atoms with Gasteiger partial charge in [-0.05, 0) is 56.4 Å². The third-order valence-corrected chi connectivity index (χ3v) is 5.55. The molecule has 2 fully saturated rings. The molecule has 0 amide bonds. The Morgan fingerprint density at radius 1 is 1.11 bits per heavy atom. The van der Waals surface area contributed by atoms with E-state index in [-0.39, 0.29) is 0 Å². The Morgan fingerprint density at radius 2 is 1.78 bits per heavy atom. The van der Waals surface area contributed by atoms with Crippen LogP contribution in [0.5, 0.6) is 0 Å². The maximum absolute atomic E-state index is 6.22. The molecular formula is C16H32N2. The minimum atomic E-state index is 0.457. The van der Waals surface area contributed by atoms with Gasteiger partial charge in [0.1, 0.15) is 0 Å². The van der Waals surface area contributed by atoms with Gasteiger partial charge in [0, 0.05) is 18.6 Å². The number of nitrogens with two attached hydrogens (primary N) is 1. The van der Waals surface area contributed by atoms with Crippen molar-refractivity contribution in [3.63, 3.8) is 0 Å². The summed E-state index contributed by atoms with van der Waals surface area (Å²) in [6.45, 7) is 9.57. The molecule has 0 aromatic heterocycles. The summed E-state index contributed by atoms with van der Waals surface area (Å²) in [6.07, 6.45) is 8.20. The molecule has 0 bridgehead atoms. The van der Waals surface area contributed by atoms with Crippen LogP contribution in [0.25, 0.3) is 0 Å². The first-order valence-corrected chi connectivity index (χ1v) is 8.11. The normalized spacial score (nSPS) is 39.2. The third-order valence-electron chi connectivity index (χ3n) is 5.55. The number of likely N-dealkylation sites (tertiary alicyclic amines) is 1. The highest BCUT2D eigenvalue weighted by molar-refractivity contribution is 4.88. The highest BCUT2D eigenvalue weighted by atomic mass is 15.2. The van der Waals surface area contributed by atoms with Crippen molar-refractivity contribution in [1.29, 1.82) is 0 Å². The molecule has 0 aromatic carbocycles. The molecule has 1 saturated carbocycles. The zero-order valence-corrected chi connectivity index (χ0v) is 12.6. The lowest BCUT2D eigenvalue weighted by molar-refractivity contribution is 0.0698. The Morgan fingerprint density at radius 3 is 2.33 bits per heavy atom. The Balaban J connectivity index is 1.83. The fourth-order valence-corrected chi connectivity index (χ4v) is 3.98. The van der Waals surface area contributed by atoms with Gasteiger partial charge in [0.05, 0.1) is 0 Å². The van der Waals surface area contributed by atoms with E-state index < -0.39 is 0 Å². The molecule has 1 aliphatic heterocycles. The molecule has 0 aromatic rings. The molecule has 0 radical (unpaired) electrons. The van der Waals surface area contributed by atoms with Crippen LogP contribution in [0.2, 0.25) is 0 Å². The van der Waals surface area contributed by atoms with Crippen molar-refractivity contribution in [1.82, 2.24) is 4.90 Å². The molecule has 106 valence electrons. The van der Waals surface area contributed by atoms with E-state index in [2.05, 4.69) is 25.7 Å². The largest absolute Gasteiger partial charge is 0.327 e. The maximum atomic E-state index is 6.22. The van der Waals surface area contributed by atoms with E-state index in [1.807, 2.05) is 0 Å². The zero-order chi connectivity index (χ0) is 13.1. The van der Waals surface area contributed by atoms with Crippen molar-refractivity contribution in [3.8, 4) is 0 Å². The quantitative estimate of drug-likeness (QED) is 0.835. The average molecular weight is 252 g/mol. The number of hydrogen-bond donors (Lipinski definition) is 1. The summed E-state index contributed by atoms with van der Waals surface area (Å²) in [4.78, 5) is 2.76. The second-order valence-electron chi connectivity index (χ2n) is 6.93. The van der Waals surface area contributed by atoms with E-state index in [1.54, 1.807) is 0 Å². The van der Waals surface area contributed by atoms with Crippen LogP contribution in [0.15, 0.2) is 0 Å². The first kappa shape index (κ1) is 14.3. The molecule has 2 atom stereocenters. The molecule has 2 rings (SSSR count). The molecule has 1 saturated heterocycles. The zero-order valence-electron chi connectivity index (χ0n) is 12.6. The maximum Gasteiger partial charge on any atom is 0.00956 e. The molecule has 2 aliphatic rings. The fourth-order valence-electron chi connectivity index (χ4n) is 3.98. The van der Waals surface area contributed by atoms with E-state index in [0.29, 0.717) is 6.04 Å². The highest BCUT2D eigenvalue weighted by Gasteiger charge is 2.32. The number of piperidine rings is 1. The predicted octanol–water partition coefficient (Wildman–Crippen LogP) is 3.26. The smallest absolute Gasteiger partial charge is 0.00956 e. The van der Waals surface area contributed by atoms with Crippen molar-refractivity contribution in [2.75, 3.05) is 13.1 Å². The van der Waals surface area contributed by atoms with Gasteiger partial charge in [-0.15, -0.1) is 0 Å². The highest BCUT2D eigenvalue weighted by Crippen LogP contribution is 2.33. The predicted molar refractivity (Wildman–Crippen MR) is 78.5 cm³/mol. The summed E-state index contributed by atoms with van der Waals surface area (Å²) in [5.41, 5.74) is 6.22. The van der Waals surface area contributed by atoms with Crippen LogP contribution >= 0.6 is 0 Å². The summed E-state index contributed by atoms with van der Waals surface area (Å²) >= 11 is 0. The van der Waals surface area contributed by atoms with Crippen molar-refractivity contribution in [3.05, 3.63) is 0 Å². The SMILES string of the molecule is CCC1CN(C2CCC(C(C)C)CC2)CCC1N. The molecule has 18 heavy (non-hydrogen) atoms. The van der Waals surface area contributed by atoms with E-state index in [0.717, 1.165) is 23.8 Å². The first-order chi connectivity index (χ1) is 8.61. The summed E-state index contributed by atoms with van der Waals surface area (Å²) in [5.74, 6) is 2.60. The molecule has 2 heteroatoms. The molecule has 0 spiro atoms. The number of rotatable bonds is 3. The lowest BCUT2D eigenvalue weighted by Crippen LogP contribution is -2.51. The van der Waals surface area contributed by atoms with Crippen LogP contribution in [0.1, 0.15) is 59.3 Å². The van der Waals surface area contributed by atoms with Gasteiger partial charge in [0.25, 0.3) is 0 Å². The fraction of sp³-hybridized carbons (Fsp3) is 1.00. The van der Waals surface area contributed by atoms with E-state index >= 15 is 0 Å². The molecule has 2 N–H and O–H groups in total. The van der Waals surface area contributed by atoms with Crippen molar-refractivity contribution < 1.29 is 0 Å². The average Bonchev–Trinajstić information content (AvgIpc) is 2.39.